The maximum atomic E-state index is 11.5. The second kappa shape index (κ2) is 6.12. The summed E-state index contributed by atoms with van der Waals surface area (Å²) in [5, 5.41) is 14.4. The molecule has 0 unspecified atom stereocenters. The quantitative estimate of drug-likeness (QED) is 0.731. The van der Waals surface area contributed by atoms with Crippen molar-refractivity contribution < 1.29 is 14.7 Å². The average molecular weight is 266 g/mol. The number of anilines is 1. The van der Waals surface area contributed by atoms with Crippen LogP contribution in [0.3, 0.4) is 0 Å². The van der Waals surface area contributed by atoms with Gasteiger partial charge in [0.2, 0.25) is 5.91 Å². The SMILES string of the molecule is CC(C)(C)NC(=O)CCNc1cncc(C(=O)O)n1. The number of nitrogens with zero attached hydrogens (tertiary/aromatic N) is 2. The first-order chi connectivity index (χ1) is 8.78. The number of rotatable bonds is 5. The molecule has 1 aromatic rings. The largest absolute Gasteiger partial charge is 0.476 e. The molecule has 0 fully saturated rings. The number of nitrogens with one attached hydrogen (secondary N) is 2. The van der Waals surface area contributed by atoms with E-state index in [9.17, 15) is 9.59 Å². The Morgan fingerprint density at radius 3 is 2.58 bits per heavy atom. The van der Waals surface area contributed by atoms with E-state index in [0.29, 0.717) is 12.4 Å². The fraction of sp³-hybridized carbons (Fsp3) is 0.500. The summed E-state index contributed by atoms with van der Waals surface area (Å²) in [7, 11) is 0. The smallest absolute Gasteiger partial charge is 0.356 e. The number of aromatic carboxylic acids is 1. The molecule has 1 aromatic heterocycles. The third-order valence-corrected chi connectivity index (χ3v) is 2.03. The molecule has 19 heavy (non-hydrogen) atoms. The standard InChI is InChI=1S/C12H18N4O3/c1-12(2,3)16-10(17)4-5-14-9-7-13-6-8(15-9)11(18)19/h6-7H,4-5H2,1-3H3,(H,14,15)(H,16,17)(H,18,19). The van der Waals surface area contributed by atoms with Gasteiger partial charge in [0.05, 0.1) is 12.4 Å². The van der Waals surface area contributed by atoms with Crippen LogP contribution in [-0.4, -0.2) is 39.0 Å². The molecule has 0 aliphatic rings. The zero-order valence-corrected chi connectivity index (χ0v) is 11.2. The lowest BCUT2D eigenvalue weighted by Crippen LogP contribution is -2.41. The summed E-state index contributed by atoms with van der Waals surface area (Å²) in [5.74, 6) is -0.882. The molecule has 104 valence electrons. The van der Waals surface area contributed by atoms with E-state index in [2.05, 4.69) is 20.6 Å². The fourth-order valence-corrected chi connectivity index (χ4v) is 1.34. The van der Waals surface area contributed by atoms with Gasteiger partial charge in [-0.3, -0.25) is 9.78 Å². The molecule has 0 radical (unpaired) electrons. The molecule has 0 saturated carbocycles. The van der Waals surface area contributed by atoms with Gasteiger partial charge in [0.1, 0.15) is 5.82 Å². The molecule has 0 aliphatic heterocycles. The Morgan fingerprint density at radius 1 is 1.32 bits per heavy atom. The Kier molecular flexibility index (Phi) is 4.80. The van der Waals surface area contributed by atoms with E-state index in [1.54, 1.807) is 0 Å². The average Bonchev–Trinajstić information content (AvgIpc) is 2.27. The Bertz CT molecular complexity index is 468. The lowest BCUT2D eigenvalue weighted by Gasteiger charge is -2.20. The number of carboxylic acids is 1. The van der Waals surface area contributed by atoms with Crippen LogP contribution >= 0.6 is 0 Å². The second-order valence-electron chi connectivity index (χ2n) is 5.07. The Hall–Kier alpha value is -2.18. The molecule has 7 heteroatoms. The fourth-order valence-electron chi connectivity index (χ4n) is 1.34. The number of carbonyl (C=O) groups is 2. The minimum Gasteiger partial charge on any atom is -0.476 e. The van der Waals surface area contributed by atoms with Gasteiger partial charge in [0.15, 0.2) is 5.69 Å². The van der Waals surface area contributed by atoms with Crippen molar-refractivity contribution in [3.63, 3.8) is 0 Å². The Labute approximate surface area is 111 Å². The van der Waals surface area contributed by atoms with Crippen molar-refractivity contribution in [1.29, 1.82) is 0 Å². The van der Waals surface area contributed by atoms with Gasteiger partial charge in [0.25, 0.3) is 0 Å². The van der Waals surface area contributed by atoms with Crippen molar-refractivity contribution in [2.75, 3.05) is 11.9 Å². The number of carboxylic acid groups (broad SMARTS) is 1. The molecular weight excluding hydrogens is 248 g/mol. The summed E-state index contributed by atoms with van der Waals surface area (Å²) < 4.78 is 0. The summed E-state index contributed by atoms with van der Waals surface area (Å²) in [6, 6.07) is 0. The highest BCUT2D eigenvalue weighted by molar-refractivity contribution is 5.85. The van der Waals surface area contributed by atoms with Crippen LogP contribution in [0.2, 0.25) is 0 Å². The number of hydrogen-bond acceptors (Lipinski definition) is 5. The first kappa shape index (κ1) is 14.9. The van der Waals surface area contributed by atoms with Crippen LogP contribution in [0.15, 0.2) is 12.4 Å². The zero-order chi connectivity index (χ0) is 14.5. The minimum absolute atomic E-state index is 0.0812. The molecule has 1 heterocycles. The zero-order valence-electron chi connectivity index (χ0n) is 11.2. The molecular formula is C12H18N4O3. The third kappa shape index (κ3) is 5.80. The monoisotopic (exact) mass is 266 g/mol. The lowest BCUT2D eigenvalue weighted by atomic mass is 10.1. The number of hydrogen-bond donors (Lipinski definition) is 3. The van der Waals surface area contributed by atoms with Crippen molar-refractivity contribution >= 4 is 17.7 Å². The van der Waals surface area contributed by atoms with Crippen LogP contribution in [0.25, 0.3) is 0 Å². The molecule has 0 saturated heterocycles. The molecule has 1 amide bonds. The van der Waals surface area contributed by atoms with Gasteiger partial charge in [-0.25, -0.2) is 9.78 Å². The molecule has 0 bridgehead atoms. The van der Waals surface area contributed by atoms with E-state index in [1.165, 1.54) is 12.4 Å². The van der Waals surface area contributed by atoms with E-state index < -0.39 is 5.97 Å². The molecule has 1 rings (SSSR count). The first-order valence-electron chi connectivity index (χ1n) is 5.88. The van der Waals surface area contributed by atoms with Crippen molar-refractivity contribution in [1.82, 2.24) is 15.3 Å². The van der Waals surface area contributed by atoms with Crippen LogP contribution in [-0.2, 0) is 4.79 Å². The van der Waals surface area contributed by atoms with Gasteiger partial charge in [-0.15, -0.1) is 0 Å². The van der Waals surface area contributed by atoms with Gasteiger partial charge in [-0.2, -0.15) is 0 Å². The molecule has 0 aliphatic carbocycles. The maximum Gasteiger partial charge on any atom is 0.356 e. The topological polar surface area (TPSA) is 104 Å². The molecule has 0 spiro atoms. The number of aromatic nitrogens is 2. The maximum absolute atomic E-state index is 11.5. The van der Waals surface area contributed by atoms with Crippen molar-refractivity contribution in [3.05, 3.63) is 18.1 Å². The first-order valence-corrected chi connectivity index (χ1v) is 5.88. The van der Waals surface area contributed by atoms with Crippen molar-refractivity contribution in [2.45, 2.75) is 32.7 Å². The number of carbonyl (C=O) groups excluding carboxylic acids is 1. The van der Waals surface area contributed by atoms with Crippen LogP contribution < -0.4 is 10.6 Å². The Morgan fingerprint density at radius 2 is 2.00 bits per heavy atom. The van der Waals surface area contributed by atoms with Crippen molar-refractivity contribution in [2.24, 2.45) is 0 Å². The van der Waals surface area contributed by atoms with Crippen LogP contribution in [0.1, 0.15) is 37.7 Å². The summed E-state index contributed by atoms with van der Waals surface area (Å²) >= 11 is 0. The van der Waals surface area contributed by atoms with E-state index in [1.807, 2.05) is 20.8 Å². The van der Waals surface area contributed by atoms with Gasteiger partial charge in [0, 0.05) is 18.5 Å². The van der Waals surface area contributed by atoms with Gasteiger partial charge in [-0.1, -0.05) is 0 Å². The molecule has 3 N–H and O–H groups in total. The van der Waals surface area contributed by atoms with Crippen LogP contribution in [0.4, 0.5) is 5.82 Å². The summed E-state index contributed by atoms with van der Waals surface area (Å²) in [6.45, 7) is 6.07. The Balaban J connectivity index is 2.43. The normalized spacial score (nSPS) is 10.9. The summed E-state index contributed by atoms with van der Waals surface area (Å²) in [6.07, 6.45) is 2.85. The van der Waals surface area contributed by atoms with E-state index >= 15 is 0 Å². The van der Waals surface area contributed by atoms with Gasteiger partial charge >= 0.3 is 5.97 Å². The van der Waals surface area contributed by atoms with Crippen LogP contribution in [0.5, 0.6) is 0 Å². The summed E-state index contributed by atoms with van der Waals surface area (Å²) in [4.78, 5) is 29.8. The van der Waals surface area contributed by atoms with Gasteiger partial charge in [-0.05, 0) is 20.8 Å². The van der Waals surface area contributed by atoms with Crippen LogP contribution in [0, 0.1) is 0 Å². The molecule has 0 aromatic carbocycles. The number of amides is 1. The summed E-state index contributed by atoms with van der Waals surface area (Å²) in [5.41, 5.74) is -0.399. The van der Waals surface area contributed by atoms with E-state index in [0.717, 1.165) is 0 Å². The van der Waals surface area contributed by atoms with Crippen molar-refractivity contribution in [3.8, 4) is 0 Å². The van der Waals surface area contributed by atoms with E-state index in [-0.39, 0.29) is 23.6 Å². The minimum atomic E-state index is -1.14. The third-order valence-electron chi connectivity index (χ3n) is 2.03. The highest BCUT2D eigenvalue weighted by atomic mass is 16.4. The van der Waals surface area contributed by atoms with Gasteiger partial charge < -0.3 is 15.7 Å². The lowest BCUT2D eigenvalue weighted by molar-refractivity contribution is -0.122. The van der Waals surface area contributed by atoms with E-state index in [4.69, 9.17) is 5.11 Å². The highest BCUT2D eigenvalue weighted by Crippen LogP contribution is 2.03. The second-order valence-corrected chi connectivity index (χ2v) is 5.07. The highest BCUT2D eigenvalue weighted by Gasteiger charge is 2.13. The predicted octanol–water partition coefficient (Wildman–Crippen LogP) is 0.891. The molecule has 7 nitrogen and oxygen atoms in total. The predicted molar refractivity (Wildman–Crippen MR) is 70.0 cm³/mol. The molecule has 0 atom stereocenters.